The Kier molecular flexibility index (Phi) is 6.28. The average Bonchev–Trinajstić information content (AvgIpc) is 2.78. The molecular weight excluding hydrogens is 268 g/mol. The van der Waals surface area contributed by atoms with Crippen molar-refractivity contribution in [3.63, 3.8) is 0 Å². The second-order valence-electron chi connectivity index (χ2n) is 4.36. The van der Waals surface area contributed by atoms with Gasteiger partial charge in [-0.25, -0.2) is 13.1 Å². The minimum atomic E-state index is -3.35. The van der Waals surface area contributed by atoms with Crippen molar-refractivity contribution in [2.45, 2.75) is 51.1 Å². The number of rotatable bonds is 8. The van der Waals surface area contributed by atoms with Crippen LogP contribution in [0.15, 0.2) is 16.3 Å². The molecule has 0 fully saturated rings. The van der Waals surface area contributed by atoms with Crippen LogP contribution in [-0.2, 0) is 16.6 Å². The monoisotopic (exact) mass is 290 g/mol. The van der Waals surface area contributed by atoms with Crippen molar-refractivity contribution >= 4 is 21.4 Å². The Balaban J connectivity index is 2.66. The smallest absolute Gasteiger partial charge is 0.241 e. The minimum absolute atomic E-state index is 0.0310. The Morgan fingerprint density at radius 1 is 1.39 bits per heavy atom. The predicted molar refractivity (Wildman–Crippen MR) is 76.4 cm³/mol. The highest BCUT2D eigenvalue weighted by Crippen LogP contribution is 2.19. The minimum Gasteiger partial charge on any atom is -0.312 e. The van der Waals surface area contributed by atoms with E-state index in [0.29, 0.717) is 4.90 Å². The number of thiophene rings is 1. The maximum Gasteiger partial charge on any atom is 0.241 e. The fourth-order valence-electron chi connectivity index (χ4n) is 1.40. The summed E-state index contributed by atoms with van der Waals surface area (Å²) in [6, 6.07) is 1.72. The first-order chi connectivity index (χ1) is 8.49. The zero-order valence-electron chi connectivity index (χ0n) is 11.2. The Labute approximate surface area is 114 Å². The Morgan fingerprint density at radius 2 is 2.11 bits per heavy atom. The average molecular weight is 290 g/mol. The van der Waals surface area contributed by atoms with Crippen molar-refractivity contribution in [1.29, 1.82) is 0 Å². The van der Waals surface area contributed by atoms with E-state index in [4.69, 9.17) is 0 Å². The van der Waals surface area contributed by atoms with Gasteiger partial charge in [-0.3, -0.25) is 0 Å². The van der Waals surface area contributed by atoms with Crippen molar-refractivity contribution in [3.8, 4) is 0 Å². The first kappa shape index (κ1) is 15.6. The van der Waals surface area contributed by atoms with Gasteiger partial charge in [-0.1, -0.05) is 13.8 Å². The molecule has 18 heavy (non-hydrogen) atoms. The number of nitrogens with one attached hydrogen (secondary N) is 2. The Hall–Kier alpha value is -0.430. The first-order valence-electron chi connectivity index (χ1n) is 6.30. The van der Waals surface area contributed by atoms with Crippen LogP contribution < -0.4 is 10.0 Å². The number of hydrogen-bond donors (Lipinski definition) is 2. The number of sulfonamides is 1. The summed E-state index contributed by atoms with van der Waals surface area (Å²) < 4.78 is 26.7. The van der Waals surface area contributed by atoms with Crippen LogP contribution in [0.4, 0.5) is 0 Å². The molecule has 0 aliphatic carbocycles. The highest BCUT2D eigenvalue weighted by molar-refractivity contribution is 7.89. The summed E-state index contributed by atoms with van der Waals surface area (Å²) in [6.07, 6.45) is 1.86. The predicted octanol–water partition coefficient (Wildman–Crippen LogP) is 2.32. The highest BCUT2D eigenvalue weighted by Gasteiger charge is 2.18. The molecule has 1 aromatic rings. The molecule has 0 amide bonds. The van der Waals surface area contributed by atoms with Gasteiger partial charge in [0.2, 0.25) is 10.0 Å². The van der Waals surface area contributed by atoms with E-state index in [1.165, 1.54) is 11.3 Å². The largest absolute Gasteiger partial charge is 0.312 e. The van der Waals surface area contributed by atoms with E-state index in [2.05, 4.69) is 17.0 Å². The van der Waals surface area contributed by atoms with E-state index in [1.807, 2.05) is 13.8 Å². The molecule has 2 N–H and O–H groups in total. The molecule has 0 aromatic carbocycles. The fraction of sp³-hybridized carbons (Fsp3) is 0.667. The standard InChI is InChI=1S/C12H22N2O2S2/c1-4-6-13-8-11-7-12(9-17-11)18(15,16)14-10(3)5-2/h7,9-10,13-14H,4-6,8H2,1-3H3. The maximum atomic E-state index is 12.0. The van der Waals surface area contributed by atoms with Gasteiger partial charge in [0, 0.05) is 22.8 Å². The van der Waals surface area contributed by atoms with Crippen LogP contribution in [0.25, 0.3) is 0 Å². The molecule has 104 valence electrons. The maximum absolute atomic E-state index is 12.0. The second-order valence-corrected chi connectivity index (χ2v) is 7.07. The molecule has 0 bridgehead atoms. The summed E-state index contributed by atoms with van der Waals surface area (Å²) in [7, 11) is -3.35. The van der Waals surface area contributed by atoms with Crippen molar-refractivity contribution < 1.29 is 8.42 Å². The Morgan fingerprint density at radius 3 is 2.72 bits per heavy atom. The third-order valence-corrected chi connectivity index (χ3v) is 5.29. The third kappa shape index (κ3) is 4.68. The van der Waals surface area contributed by atoms with E-state index < -0.39 is 10.0 Å². The molecule has 0 spiro atoms. The lowest BCUT2D eigenvalue weighted by Gasteiger charge is -2.10. The van der Waals surface area contributed by atoms with Crippen LogP contribution in [-0.4, -0.2) is 21.0 Å². The van der Waals surface area contributed by atoms with Gasteiger partial charge in [-0.15, -0.1) is 11.3 Å². The molecule has 1 atom stereocenters. The van der Waals surface area contributed by atoms with Gasteiger partial charge in [0.15, 0.2) is 0 Å². The van der Waals surface area contributed by atoms with Crippen LogP contribution >= 0.6 is 11.3 Å². The van der Waals surface area contributed by atoms with E-state index >= 15 is 0 Å². The lowest BCUT2D eigenvalue weighted by atomic mass is 10.3. The topological polar surface area (TPSA) is 58.2 Å². The fourth-order valence-corrected chi connectivity index (χ4v) is 3.97. The van der Waals surface area contributed by atoms with E-state index in [-0.39, 0.29) is 6.04 Å². The molecule has 0 radical (unpaired) electrons. The Bertz CT molecular complexity index is 454. The van der Waals surface area contributed by atoms with Gasteiger partial charge in [0.1, 0.15) is 0 Å². The normalized spacial score (nSPS) is 13.7. The van der Waals surface area contributed by atoms with Crippen molar-refractivity contribution in [1.82, 2.24) is 10.0 Å². The molecule has 0 aliphatic rings. The molecule has 4 nitrogen and oxygen atoms in total. The van der Waals surface area contributed by atoms with Crippen LogP contribution in [0.5, 0.6) is 0 Å². The molecule has 0 saturated heterocycles. The van der Waals surface area contributed by atoms with Gasteiger partial charge in [0.25, 0.3) is 0 Å². The molecule has 0 aliphatic heterocycles. The zero-order valence-corrected chi connectivity index (χ0v) is 12.8. The summed E-state index contributed by atoms with van der Waals surface area (Å²) in [5.41, 5.74) is 0. The number of hydrogen-bond acceptors (Lipinski definition) is 4. The molecule has 1 aromatic heterocycles. The molecule has 1 unspecified atom stereocenters. The van der Waals surface area contributed by atoms with Gasteiger partial charge in [-0.05, 0) is 32.4 Å². The molecule has 0 saturated carbocycles. The van der Waals surface area contributed by atoms with Gasteiger partial charge < -0.3 is 5.32 Å². The molecule has 1 rings (SSSR count). The van der Waals surface area contributed by atoms with Crippen LogP contribution in [0.2, 0.25) is 0 Å². The van der Waals surface area contributed by atoms with Crippen LogP contribution in [0.1, 0.15) is 38.5 Å². The van der Waals surface area contributed by atoms with Crippen LogP contribution in [0, 0.1) is 0 Å². The van der Waals surface area contributed by atoms with Crippen molar-refractivity contribution in [2.75, 3.05) is 6.54 Å². The third-order valence-electron chi connectivity index (χ3n) is 2.63. The van der Waals surface area contributed by atoms with E-state index in [9.17, 15) is 8.42 Å². The lowest BCUT2D eigenvalue weighted by Crippen LogP contribution is -2.31. The van der Waals surface area contributed by atoms with E-state index in [0.717, 1.165) is 30.8 Å². The quantitative estimate of drug-likeness (QED) is 0.722. The zero-order chi connectivity index (χ0) is 13.6. The van der Waals surface area contributed by atoms with Crippen LogP contribution in [0.3, 0.4) is 0 Å². The lowest BCUT2D eigenvalue weighted by molar-refractivity contribution is 0.556. The molecular formula is C12H22N2O2S2. The summed E-state index contributed by atoms with van der Waals surface area (Å²) in [5.74, 6) is 0. The molecule has 6 heteroatoms. The van der Waals surface area contributed by atoms with Gasteiger partial charge in [0.05, 0.1) is 4.90 Å². The summed E-state index contributed by atoms with van der Waals surface area (Å²) in [5, 5.41) is 4.97. The first-order valence-corrected chi connectivity index (χ1v) is 8.66. The summed E-state index contributed by atoms with van der Waals surface area (Å²) in [4.78, 5) is 1.43. The van der Waals surface area contributed by atoms with Crippen molar-refractivity contribution in [3.05, 3.63) is 16.3 Å². The second kappa shape index (κ2) is 7.23. The van der Waals surface area contributed by atoms with Gasteiger partial charge >= 0.3 is 0 Å². The van der Waals surface area contributed by atoms with Gasteiger partial charge in [-0.2, -0.15) is 0 Å². The summed E-state index contributed by atoms with van der Waals surface area (Å²) in [6.45, 7) is 7.62. The molecule has 1 heterocycles. The van der Waals surface area contributed by atoms with Crippen molar-refractivity contribution in [2.24, 2.45) is 0 Å². The van der Waals surface area contributed by atoms with E-state index in [1.54, 1.807) is 11.4 Å². The summed E-state index contributed by atoms with van der Waals surface area (Å²) >= 11 is 1.48. The SMILES string of the molecule is CCCNCc1cc(S(=O)(=O)NC(C)CC)cs1. The highest BCUT2D eigenvalue weighted by atomic mass is 32.2.